The fourth-order valence-electron chi connectivity index (χ4n) is 10.4. The Morgan fingerprint density at radius 2 is 0.969 bits per heavy atom. The highest BCUT2D eigenvalue weighted by atomic mass is 16.2. The lowest BCUT2D eigenvalue weighted by atomic mass is 10.0. The molecule has 0 aliphatic carbocycles. The molecule has 2 aliphatic rings. The van der Waals surface area contributed by atoms with E-state index in [9.17, 15) is 9.59 Å². The fraction of sp³-hybridized carbons (Fsp3) is 0.370. The molecule has 2 aliphatic heterocycles. The number of fused-ring (bicyclic) bond motifs is 2. The first-order chi connectivity index (χ1) is 31.9. The number of nitrogens with zero attached hydrogens (tertiary/aromatic N) is 7. The lowest BCUT2D eigenvalue weighted by Crippen LogP contribution is -2.43. The Kier molecular flexibility index (Phi) is 13.4. The molecule has 2 aromatic heterocycles. The van der Waals surface area contributed by atoms with Crippen LogP contribution in [0.15, 0.2) is 127 Å². The molecule has 5 aromatic carbocycles. The highest BCUT2D eigenvalue weighted by molar-refractivity contribution is 5.85. The van der Waals surface area contributed by atoms with Crippen LogP contribution in [-0.4, -0.2) is 90.6 Å². The second-order valence-electron chi connectivity index (χ2n) is 17.6. The van der Waals surface area contributed by atoms with Crippen LogP contribution in [0.25, 0.3) is 22.1 Å². The topological polar surface area (TPSA) is 108 Å². The van der Waals surface area contributed by atoms with E-state index < -0.39 is 0 Å². The second-order valence-corrected chi connectivity index (χ2v) is 17.6. The number of hydrogen-bond acceptors (Lipinski definition) is 7. The van der Waals surface area contributed by atoms with Gasteiger partial charge in [-0.1, -0.05) is 119 Å². The van der Waals surface area contributed by atoms with Gasteiger partial charge in [0.15, 0.2) is 0 Å². The van der Waals surface area contributed by atoms with Crippen LogP contribution in [0.1, 0.15) is 111 Å². The zero-order valence-corrected chi connectivity index (χ0v) is 38.4. The first-order valence-electron chi connectivity index (χ1n) is 23.8. The molecule has 2 saturated heterocycles. The minimum Gasteiger partial charge on any atom is -0.363 e. The second kappa shape index (κ2) is 19.8. The number of rotatable bonds is 17. The van der Waals surface area contributed by atoms with Crippen LogP contribution in [0.4, 0.5) is 5.69 Å². The number of hydrogen-bond donors (Lipinski definition) is 2. The summed E-state index contributed by atoms with van der Waals surface area (Å²) in [6, 6.07) is 43.1. The van der Waals surface area contributed by atoms with Gasteiger partial charge in [-0.3, -0.25) is 19.4 Å². The number of likely N-dealkylation sites (tertiary alicyclic amines) is 2. The number of imidazole rings is 2. The third-order valence-corrected chi connectivity index (χ3v) is 13.8. The van der Waals surface area contributed by atoms with Gasteiger partial charge in [-0.25, -0.2) is 9.97 Å². The van der Waals surface area contributed by atoms with E-state index >= 15 is 0 Å². The summed E-state index contributed by atoms with van der Waals surface area (Å²) in [6.45, 7) is 14.5. The maximum atomic E-state index is 14.5. The summed E-state index contributed by atoms with van der Waals surface area (Å²) in [6.07, 6.45) is 3.65. The number of anilines is 1. The van der Waals surface area contributed by atoms with E-state index in [0.29, 0.717) is 13.1 Å². The van der Waals surface area contributed by atoms with E-state index in [4.69, 9.17) is 9.97 Å². The predicted molar refractivity (Wildman–Crippen MR) is 260 cm³/mol. The van der Waals surface area contributed by atoms with Crippen molar-refractivity contribution in [1.82, 2.24) is 39.5 Å². The highest BCUT2D eigenvalue weighted by Gasteiger charge is 2.39. The summed E-state index contributed by atoms with van der Waals surface area (Å²) < 4.78 is 0. The molecular weight excluding hydrogens is 807 g/mol. The summed E-state index contributed by atoms with van der Waals surface area (Å²) >= 11 is 0. The van der Waals surface area contributed by atoms with Crippen molar-refractivity contribution in [1.29, 1.82) is 0 Å². The number of carbonyl (C=O) groups excluding carboxylic acids is 2. The lowest BCUT2D eigenvalue weighted by molar-refractivity contribution is -0.139. The minimum absolute atomic E-state index is 0.102. The number of amides is 2. The highest BCUT2D eigenvalue weighted by Crippen LogP contribution is 2.38. The number of carbonyl (C=O) groups is 2. The van der Waals surface area contributed by atoms with E-state index in [0.717, 1.165) is 127 Å². The van der Waals surface area contributed by atoms with Crippen LogP contribution in [0.5, 0.6) is 0 Å². The van der Waals surface area contributed by atoms with E-state index in [1.807, 2.05) is 36.4 Å². The van der Waals surface area contributed by atoms with Crippen LogP contribution in [0.2, 0.25) is 0 Å². The lowest BCUT2D eigenvalue weighted by Gasteiger charge is -2.34. The molecule has 11 nitrogen and oxygen atoms in total. The monoisotopic (exact) mass is 870 g/mol. The van der Waals surface area contributed by atoms with Crippen molar-refractivity contribution < 1.29 is 9.59 Å². The van der Waals surface area contributed by atoms with Gasteiger partial charge in [-0.05, 0) is 111 Å². The summed E-state index contributed by atoms with van der Waals surface area (Å²) in [5.74, 6) is 1.99. The molecule has 65 heavy (non-hydrogen) atoms. The van der Waals surface area contributed by atoms with Gasteiger partial charge in [0.25, 0.3) is 0 Å². The van der Waals surface area contributed by atoms with Gasteiger partial charge < -0.3 is 24.7 Å². The maximum Gasteiger partial charge on any atom is 0.245 e. The Labute approximate surface area is 383 Å². The van der Waals surface area contributed by atoms with Crippen molar-refractivity contribution in [2.45, 2.75) is 90.6 Å². The van der Waals surface area contributed by atoms with E-state index in [2.05, 4.69) is 153 Å². The number of aromatic amines is 2. The van der Waals surface area contributed by atoms with Crippen molar-refractivity contribution in [2.24, 2.45) is 0 Å². The van der Waals surface area contributed by atoms with Gasteiger partial charge in [0.1, 0.15) is 23.7 Å². The largest absolute Gasteiger partial charge is 0.363 e. The van der Waals surface area contributed by atoms with E-state index in [-0.39, 0.29) is 36.0 Å². The average molecular weight is 870 g/mol. The maximum absolute atomic E-state index is 14.5. The number of benzene rings is 5. The van der Waals surface area contributed by atoms with Crippen molar-refractivity contribution in [3.05, 3.63) is 161 Å². The number of nitrogens with one attached hydrogen (secondary N) is 2. The third kappa shape index (κ3) is 9.17. The molecule has 4 heterocycles. The van der Waals surface area contributed by atoms with Crippen LogP contribution < -0.4 is 4.90 Å². The van der Waals surface area contributed by atoms with Crippen LogP contribution >= 0.6 is 0 Å². The Hall–Kier alpha value is -6.30. The molecule has 4 atom stereocenters. The standard InChI is InChI=1S/C54H63N9O2/c1-5-59(6-2)49(40-20-12-9-13-21-40)53(64)62-32-18-26-47(62)51-55-43-30-28-38(34-45(43)57-51)36-61(42-24-16-11-17-25-42)37-39-29-31-44-46(35-39)58-52(56-44)48-27-19-33-63(48)54(65)50(60(7-3)8-4)41-22-14-10-15-23-41/h9-17,20-25,28-31,34-35,47-50H,5-8,18-19,26-27,32-33,36-37H2,1-4H3,(H,55,57)(H,56,58). The van der Waals surface area contributed by atoms with Crippen molar-refractivity contribution in [2.75, 3.05) is 44.2 Å². The summed E-state index contributed by atoms with van der Waals surface area (Å²) in [4.78, 5) is 57.5. The molecule has 2 N–H and O–H groups in total. The molecule has 0 bridgehead atoms. The molecule has 7 aromatic rings. The van der Waals surface area contributed by atoms with Gasteiger partial charge in [-0.2, -0.15) is 0 Å². The predicted octanol–water partition coefficient (Wildman–Crippen LogP) is 10.1. The van der Waals surface area contributed by atoms with Gasteiger partial charge >= 0.3 is 0 Å². The van der Waals surface area contributed by atoms with E-state index in [1.54, 1.807) is 0 Å². The van der Waals surface area contributed by atoms with E-state index in [1.165, 1.54) is 0 Å². The van der Waals surface area contributed by atoms with Crippen molar-refractivity contribution >= 4 is 39.6 Å². The normalized spacial score (nSPS) is 17.4. The molecular formula is C54H63N9O2. The van der Waals surface area contributed by atoms with Crippen LogP contribution in [0, 0.1) is 0 Å². The molecule has 2 amide bonds. The third-order valence-electron chi connectivity index (χ3n) is 13.8. The summed E-state index contributed by atoms with van der Waals surface area (Å²) in [5.41, 5.74) is 9.29. The molecule has 2 fully saturated rings. The number of H-pyrrole nitrogens is 2. The molecule has 0 saturated carbocycles. The minimum atomic E-state index is -0.327. The average Bonchev–Trinajstić information content (AvgIpc) is 4.19. The number of aromatic nitrogens is 4. The fourth-order valence-corrected chi connectivity index (χ4v) is 10.4. The zero-order chi connectivity index (χ0) is 44.9. The Morgan fingerprint density at radius 3 is 1.37 bits per heavy atom. The molecule has 11 heteroatoms. The molecule has 0 radical (unpaired) electrons. The Morgan fingerprint density at radius 1 is 0.569 bits per heavy atom. The summed E-state index contributed by atoms with van der Waals surface area (Å²) in [7, 11) is 0. The van der Waals surface area contributed by atoms with Crippen LogP contribution in [0.3, 0.4) is 0 Å². The number of likely N-dealkylation sites (N-methyl/N-ethyl adjacent to an activating group) is 2. The molecule has 4 unspecified atom stereocenters. The number of para-hydroxylation sites is 1. The van der Waals surface area contributed by atoms with Crippen molar-refractivity contribution in [3.63, 3.8) is 0 Å². The SMILES string of the molecule is CCN(CC)C(C(=O)N1CCCC1c1nc2ccc(CN(Cc3ccc4nc(C5CCCN5C(=O)C(c5ccccc5)N(CC)CC)[nH]c4c3)c3ccccc3)cc2[nH]1)c1ccccc1. The summed E-state index contributed by atoms with van der Waals surface area (Å²) in [5, 5.41) is 0. The van der Waals surface area contributed by atoms with Gasteiger partial charge in [-0.15, -0.1) is 0 Å². The molecule has 0 spiro atoms. The zero-order valence-electron chi connectivity index (χ0n) is 38.4. The molecule has 336 valence electrons. The van der Waals surface area contributed by atoms with Gasteiger partial charge in [0.2, 0.25) is 11.8 Å². The smallest absolute Gasteiger partial charge is 0.245 e. The Balaban J connectivity index is 0.939. The van der Waals surface area contributed by atoms with Gasteiger partial charge in [0, 0.05) is 31.9 Å². The van der Waals surface area contributed by atoms with Gasteiger partial charge in [0.05, 0.1) is 34.2 Å². The first-order valence-corrected chi connectivity index (χ1v) is 23.8. The van der Waals surface area contributed by atoms with Crippen LogP contribution in [-0.2, 0) is 22.7 Å². The Bertz CT molecular complexity index is 2510. The molecule has 9 rings (SSSR count). The van der Waals surface area contributed by atoms with Crippen molar-refractivity contribution in [3.8, 4) is 0 Å². The first kappa shape index (κ1) is 43.9. The quantitative estimate of drug-likeness (QED) is 0.0939.